The highest BCUT2D eigenvalue weighted by atomic mass is 35.5. The van der Waals surface area contributed by atoms with E-state index >= 15 is 0 Å². The molecule has 0 saturated carbocycles. The summed E-state index contributed by atoms with van der Waals surface area (Å²) in [6, 6.07) is 3.90. The first-order chi connectivity index (χ1) is 9.66. The van der Waals surface area contributed by atoms with E-state index in [1.807, 2.05) is 24.4 Å². The van der Waals surface area contributed by atoms with Crippen LogP contribution < -0.4 is 0 Å². The highest BCUT2D eigenvalue weighted by Crippen LogP contribution is 2.28. The van der Waals surface area contributed by atoms with Crippen LogP contribution in [-0.4, -0.2) is 38.7 Å². The van der Waals surface area contributed by atoms with Crippen molar-refractivity contribution < 1.29 is 4.79 Å². The largest absolute Gasteiger partial charge is 0.359 e. The zero-order valence-electron chi connectivity index (χ0n) is 10.6. The van der Waals surface area contributed by atoms with Crippen molar-refractivity contribution in [1.29, 1.82) is 0 Å². The van der Waals surface area contributed by atoms with Gasteiger partial charge >= 0.3 is 0 Å². The summed E-state index contributed by atoms with van der Waals surface area (Å²) in [5.74, 6) is -0.235. The van der Waals surface area contributed by atoms with Crippen LogP contribution in [0.25, 0.3) is 16.6 Å². The lowest BCUT2D eigenvalue weighted by atomic mass is 10.0. The van der Waals surface area contributed by atoms with Crippen molar-refractivity contribution in [1.82, 2.24) is 14.9 Å². The molecule has 2 aromatic rings. The summed E-state index contributed by atoms with van der Waals surface area (Å²) < 4.78 is 0. The smallest absolute Gasteiger partial charge is 0.256 e. The number of halogens is 2. The van der Waals surface area contributed by atoms with Gasteiger partial charge < -0.3 is 9.88 Å². The fourth-order valence-electron chi connectivity index (χ4n) is 2.45. The first-order valence-electron chi connectivity index (χ1n) is 6.35. The number of carbonyl (C=O) groups excluding carboxylic acids is 1. The minimum atomic E-state index is -0.986. The lowest BCUT2D eigenvalue weighted by Crippen LogP contribution is -2.37. The van der Waals surface area contributed by atoms with Gasteiger partial charge in [-0.3, -0.25) is 9.78 Å². The lowest BCUT2D eigenvalue weighted by Gasteiger charge is -2.26. The molecule has 0 fully saturated rings. The standard InChI is InChI=1S/C14H13Cl2N3O/c15-13(16)14(20)19-6-3-9(4-7-19)10-8-18-11-2-1-5-17-12(10)11/h1-3,5,8,13,18H,4,6-7H2. The van der Waals surface area contributed by atoms with Crippen molar-refractivity contribution in [2.75, 3.05) is 13.1 Å². The van der Waals surface area contributed by atoms with E-state index in [1.54, 1.807) is 11.1 Å². The monoisotopic (exact) mass is 309 g/mol. The van der Waals surface area contributed by atoms with Crippen LogP contribution in [0.15, 0.2) is 30.6 Å². The lowest BCUT2D eigenvalue weighted by molar-refractivity contribution is -0.128. The third-order valence-electron chi connectivity index (χ3n) is 3.49. The Kier molecular flexibility index (Phi) is 3.68. The summed E-state index contributed by atoms with van der Waals surface area (Å²) in [6.45, 7) is 1.16. The number of amides is 1. The van der Waals surface area contributed by atoms with E-state index in [0.29, 0.717) is 13.1 Å². The molecule has 104 valence electrons. The van der Waals surface area contributed by atoms with E-state index in [4.69, 9.17) is 23.2 Å². The second kappa shape index (κ2) is 5.46. The number of hydrogen-bond acceptors (Lipinski definition) is 2. The molecule has 0 unspecified atom stereocenters. The number of nitrogens with one attached hydrogen (secondary N) is 1. The molecule has 0 spiro atoms. The predicted molar refractivity (Wildman–Crippen MR) is 80.8 cm³/mol. The normalized spacial score (nSPS) is 15.8. The number of fused-ring (bicyclic) bond motifs is 1. The first-order valence-corrected chi connectivity index (χ1v) is 7.22. The molecule has 0 radical (unpaired) electrons. The number of rotatable bonds is 2. The maximum Gasteiger partial charge on any atom is 0.256 e. The molecule has 1 N–H and O–H groups in total. The maximum atomic E-state index is 11.7. The summed E-state index contributed by atoms with van der Waals surface area (Å²) in [5.41, 5.74) is 4.27. The van der Waals surface area contributed by atoms with Gasteiger partial charge in [-0.1, -0.05) is 29.3 Å². The van der Waals surface area contributed by atoms with Crippen LogP contribution in [0.1, 0.15) is 12.0 Å². The number of aromatic amines is 1. The van der Waals surface area contributed by atoms with Crippen LogP contribution in [0.3, 0.4) is 0 Å². The van der Waals surface area contributed by atoms with Crippen molar-refractivity contribution in [3.8, 4) is 0 Å². The number of hydrogen-bond donors (Lipinski definition) is 1. The Morgan fingerprint density at radius 2 is 2.30 bits per heavy atom. The van der Waals surface area contributed by atoms with Crippen molar-refractivity contribution in [2.45, 2.75) is 11.3 Å². The van der Waals surface area contributed by atoms with Crippen LogP contribution >= 0.6 is 23.2 Å². The molecule has 6 heteroatoms. The van der Waals surface area contributed by atoms with Gasteiger partial charge in [-0.2, -0.15) is 0 Å². The van der Waals surface area contributed by atoms with Crippen LogP contribution in [0.4, 0.5) is 0 Å². The summed E-state index contributed by atoms with van der Waals surface area (Å²) >= 11 is 11.2. The second-order valence-electron chi connectivity index (χ2n) is 4.67. The van der Waals surface area contributed by atoms with E-state index in [0.717, 1.165) is 23.0 Å². The number of carbonyl (C=O) groups is 1. The van der Waals surface area contributed by atoms with Crippen molar-refractivity contribution in [3.05, 3.63) is 36.2 Å². The van der Waals surface area contributed by atoms with Gasteiger partial charge in [0, 0.05) is 31.0 Å². The quantitative estimate of drug-likeness (QED) is 0.867. The van der Waals surface area contributed by atoms with Gasteiger partial charge in [0.05, 0.1) is 11.0 Å². The Morgan fingerprint density at radius 1 is 1.45 bits per heavy atom. The molecular formula is C14H13Cl2N3O. The molecule has 2 aromatic heterocycles. The molecule has 1 aliphatic heterocycles. The summed E-state index contributed by atoms with van der Waals surface area (Å²) in [4.78, 5) is 20.0. The fraction of sp³-hybridized carbons (Fsp3) is 0.286. The molecule has 0 atom stereocenters. The van der Waals surface area contributed by atoms with Gasteiger partial charge in [-0.25, -0.2) is 0 Å². The number of pyridine rings is 1. The van der Waals surface area contributed by atoms with Gasteiger partial charge in [0.2, 0.25) is 0 Å². The van der Waals surface area contributed by atoms with Crippen LogP contribution in [-0.2, 0) is 4.79 Å². The summed E-state index contributed by atoms with van der Waals surface area (Å²) in [6.07, 6.45) is 6.56. The highest BCUT2D eigenvalue weighted by Gasteiger charge is 2.23. The van der Waals surface area contributed by atoms with E-state index in [9.17, 15) is 4.79 Å². The number of nitrogens with zero attached hydrogens (tertiary/aromatic N) is 2. The molecular weight excluding hydrogens is 297 g/mol. The number of alkyl halides is 2. The van der Waals surface area contributed by atoms with Gasteiger partial charge in [0.25, 0.3) is 5.91 Å². The molecule has 1 aliphatic rings. The second-order valence-corrected chi connectivity index (χ2v) is 5.76. The maximum absolute atomic E-state index is 11.7. The van der Waals surface area contributed by atoms with Crippen molar-refractivity contribution >= 4 is 45.7 Å². The van der Waals surface area contributed by atoms with Crippen LogP contribution in [0.2, 0.25) is 0 Å². The molecule has 3 heterocycles. The Bertz CT molecular complexity index is 678. The van der Waals surface area contributed by atoms with Crippen molar-refractivity contribution in [2.24, 2.45) is 0 Å². The topological polar surface area (TPSA) is 49.0 Å². The molecule has 3 rings (SSSR count). The molecule has 0 aliphatic carbocycles. The minimum Gasteiger partial charge on any atom is -0.359 e. The highest BCUT2D eigenvalue weighted by molar-refractivity contribution is 6.53. The SMILES string of the molecule is O=C(C(Cl)Cl)N1CC=C(c2c[nH]c3cccnc23)CC1. The summed E-state index contributed by atoms with van der Waals surface area (Å²) in [7, 11) is 0. The average Bonchev–Trinajstić information content (AvgIpc) is 2.90. The third-order valence-corrected chi connectivity index (χ3v) is 3.86. The number of aromatic nitrogens is 2. The van der Waals surface area contributed by atoms with Gasteiger partial charge in [-0.05, 0) is 24.1 Å². The van der Waals surface area contributed by atoms with E-state index in [1.165, 1.54) is 5.57 Å². The van der Waals surface area contributed by atoms with Crippen molar-refractivity contribution in [3.63, 3.8) is 0 Å². The minimum absolute atomic E-state index is 0.235. The zero-order chi connectivity index (χ0) is 14.1. The fourth-order valence-corrected chi connectivity index (χ4v) is 2.73. The Labute approximate surface area is 126 Å². The third kappa shape index (κ3) is 2.41. The van der Waals surface area contributed by atoms with Gasteiger partial charge in [0.15, 0.2) is 4.84 Å². The van der Waals surface area contributed by atoms with Gasteiger partial charge in [0.1, 0.15) is 0 Å². The van der Waals surface area contributed by atoms with Crippen LogP contribution in [0, 0.1) is 0 Å². The first kappa shape index (κ1) is 13.5. The predicted octanol–water partition coefficient (Wildman–Crippen LogP) is 2.98. The van der Waals surface area contributed by atoms with Gasteiger partial charge in [-0.15, -0.1) is 0 Å². The Morgan fingerprint density at radius 3 is 3.00 bits per heavy atom. The molecule has 20 heavy (non-hydrogen) atoms. The summed E-state index contributed by atoms with van der Waals surface area (Å²) in [5, 5.41) is 0. The van der Waals surface area contributed by atoms with E-state index < -0.39 is 4.84 Å². The number of H-pyrrole nitrogens is 1. The molecule has 4 nitrogen and oxygen atoms in total. The average molecular weight is 310 g/mol. The van der Waals surface area contributed by atoms with Crippen LogP contribution in [0.5, 0.6) is 0 Å². The Balaban J connectivity index is 1.85. The molecule has 1 amide bonds. The Hall–Kier alpha value is -1.52. The molecule has 0 saturated heterocycles. The zero-order valence-corrected chi connectivity index (χ0v) is 12.2. The van der Waals surface area contributed by atoms with E-state index in [-0.39, 0.29) is 5.91 Å². The molecule has 0 bridgehead atoms. The molecule has 0 aromatic carbocycles. The van der Waals surface area contributed by atoms with E-state index in [2.05, 4.69) is 9.97 Å².